The lowest BCUT2D eigenvalue weighted by atomic mass is 10.1. The van der Waals surface area contributed by atoms with Crippen molar-refractivity contribution < 1.29 is 48.9 Å². The van der Waals surface area contributed by atoms with Gasteiger partial charge < -0.3 is 20.3 Å². The summed E-state index contributed by atoms with van der Waals surface area (Å²) in [5.74, 6) is -0.718. The van der Waals surface area contributed by atoms with Gasteiger partial charge in [0.2, 0.25) is 10.0 Å². The van der Waals surface area contributed by atoms with Crippen LogP contribution in [0.15, 0.2) is 89.7 Å². The second kappa shape index (κ2) is 13.8. The van der Waals surface area contributed by atoms with E-state index >= 15 is 0 Å². The number of benzene rings is 4. The monoisotopic (exact) mass is 722 g/mol. The molecule has 4 aromatic rings. The molecule has 0 amide bonds. The van der Waals surface area contributed by atoms with E-state index in [1.807, 2.05) is 0 Å². The van der Waals surface area contributed by atoms with Gasteiger partial charge in [-0.2, -0.15) is 26.3 Å². The van der Waals surface area contributed by atoms with Crippen LogP contribution in [0.2, 0.25) is 0 Å². The van der Waals surface area contributed by atoms with Gasteiger partial charge in [0.15, 0.2) is 5.75 Å². The maximum atomic E-state index is 12.8. The Morgan fingerprint density at radius 1 is 0.729 bits per heavy atom. The van der Waals surface area contributed by atoms with Gasteiger partial charge in [0.05, 0.1) is 29.7 Å². The van der Waals surface area contributed by atoms with Crippen molar-refractivity contribution in [2.45, 2.75) is 28.5 Å². The Labute approximate surface area is 275 Å². The molecule has 0 bridgehead atoms. The molecule has 5 N–H and O–H groups in total. The topological polar surface area (TPSA) is 260 Å². The lowest BCUT2D eigenvalue weighted by Gasteiger charge is -2.18. The van der Waals surface area contributed by atoms with Crippen molar-refractivity contribution in [3.8, 4) is 17.2 Å². The Morgan fingerprint density at radius 2 is 1.27 bits per heavy atom. The third-order valence-electron chi connectivity index (χ3n) is 6.92. The van der Waals surface area contributed by atoms with Crippen LogP contribution in [0.3, 0.4) is 0 Å². The van der Waals surface area contributed by atoms with Gasteiger partial charge in [-0.05, 0) is 47.9 Å². The smallest absolute Gasteiger partial charge is 0.296 e. The normalized spacial score (nSPS) is 12.8. The number of rotatable bonds is 12. The van der Waals surface area contributed by atoms with E-state index < -0.39 is 51.5 Å². The molecule has 0 unspecified atom stereocenters. The molecule has 0 aliphatic carbocycles. The summed E-state index contributed by atoms with van der Waals surface area (Å²) in [5, 5.41) is 26.6. The number of nitrogen functional groups attached to an aromatic ring is 1. The zero-order valence-electron chi connectivity index (χ0n) is 25.8. The number of nitrogens with two attached hydrogens (primary N) is 1. The van der Waals surface area contributed by atoms with E-state index in [1.165, 1.54) is 54.9 Å². The van der Waals surface area contributed by atoms with Gasteiger partial charge in [-0.25, -0.2) is 8.42 Å². The minimum Gasteiger partial charge on any atom is -0.505 e. The first-order valence-electron chi connectivity index (χ1n) is 13.7. The molecule has 0 aliphatic rings. The number of ether oxygens (including phenoxy) is 2. The average molecular weight is 723 g/mol. The number of sulfonamides is 1. The third-order valence-corrected chi connectivity index (χ3v) is 10.7. The van der Waals surface area contributed by atoms with E-state index in [-0.39, 0.29) is 44.2 Å². The van der Waals surface area contributed by atoms with Crippen molar-refractivity contribution in [1.29, 1.82) is 0 Å². The molecular weight excluding hydrogens is 693 g/mol. The summed E-state index contributed by atoms with van der Waals surface area (Å²) in [6.45, 7) is 4.12. The Morgan fingerprint density at radius 3 is 1.75 bits per heavy atom. The molecule has 0 radical (unpaired) electrons. The SMILES string of the molecule is CCN(CC)S(=O)(=O)c1ccc(N=Nc2cc(OC)c(N=Nc3c(S(=O)(=O)O)cc4cc(S(=O)(=O)O)cc(N)c4c3O)cc2OC)cc1. The van der Waals surface area contributed by atoms with E-state index in [0.717, 1.165) is 18.2 Å². The zero-order chi connectivity index (χ0) is 35.6. The van der Waals surface area contributed by atoms with Crippen LogP contribution in [0, 0.1) is 0 Å². The maximum Gasteiger partial charge on any atom is 0.296 e. The molecule has 0 spiro atoms. The van der Waals surface area contributed by atoms with Gasteiger partial charge in [-0.15, -0.1) is 15.3 Å². The number of fused-ring (bicyclic) bond motifs is 1. The minimum atomic E-state index is -5.09. The number of phenolic OH excluding ortho intramolecular Hbond substituents is 1. The molecule has 4 rings (SSSR count). The van der Waals surface area contributed by atoms with Crippen LogP contribution < -0.4 is 15.2 Å². The third kappa shape index (κ3) is 7.37. The van der Waals surface area contributed by atoms with Crippen LogP contribution in [0.1, 0.15) is 13.8 Å². The van der Waals surface area contributed by atoms with Crippen molar-refractivity contribution >= 4 is 69.5 Å². The lowest BCUT2D eigenvalue weighted by Crippen LogP contribution is -2.30. The summed E-state index contributed by atoms with van der Waals surface area (Å²) in [6.07, 6.45) is 0. The van der Waals surface area contributed by atoms with Crippen LogP contribution >= 0.6 is 0 Å². The van der Waals surface area contributed by atoms with E-state index in [2.05, 4.69) is 20.5 Å². The summed E-state index contributed by atoms with van der Waals surface area (Å²) >= 11 is 0. The molecule has 4 aromatic carbocycles. The van der Waals surface area contributed by atoms with Crippen molar-refractivity contribution in [1.82, 2.24) is 4.31 Å². The van der Waals surface area contributed by atoms with Crippen molar-refractivity contribution in [3.63, 3.8) is 0 Å². The van der Waals surface area contributed by atoms with Gasteiger partial charge in [0, 0.05) is 36.3 Å². The van der Waals surface area contributed by atoms with E-state index in [4.69, 9.17) is 15.2 Å². The quantitative estimate of drug-likeness (QED) is 0.0803. The number of hydrogen-bond acceptors (Lipinski definition) is 14. The molecule has 0 aliphatic heterocycles. The first-order chi connectivity index (χ1) is 22.5. The van der Waals surface area contributed by atoms with Crippen molar-refractivity contribution in [3.05, 3.63) is 54.6 Å². The molecule has 0 saturated carbocycles. The largest absolute Gasteiger partial charge is 0.505 e. The predicted molar refractivity (Wildman–Crippen MR) is 174 cm³/mol. The van der Waals surface area contributed by atoms with Gasteiger partial charge >= 0.3 is 0 Å². The fourth-order valence-electron chi connectivity index (χ4n) is 4.57. The van der Waals surface area contributed by atoms with Crippen LogP contribution in [0.25, 0.3) is 10.8 Å². The number of azo groups is 2. The summed E-state index contributed by atoms with van der Waals surface area (Å²) in [6, 6.07) is 11.0. The Bertz CT molecular complexity index is 2270. The summed E-state index contributed by atoms with van der Waals surface area (Å²) < 4.78 is 105. The van der Waals surface area contributed by atoms with Gasteiger partial charge in [0.1, 0.15) is 33.5 Å². The predicted octanol–water partition coefficient (Wildman–Crippen LogP) is 5.50. The van der Waals surface area contributed by atoms with Gasteiger partial charge in [-0.1, -0.05) is 13.8 Å². The van der Waals surface area contributed by atoms with Crippen LogP contribution in [0.4, 0.5) is 28.4 Å². The molecule has 0 aromatic heterocycles. The standard InChI is InChI=1S/C28H30N6O11S3/c1-5-34(6-2)46(36,37)18-9-7-17(8-10-18)30-31-21-14-24(45-4)22(15-23(21)44-3)32-33-27-25(48(41,42)43)12-16-11-19(47(38,39)40)13-20(29)26(16)28(27)35/h7-15,35H,5-6,29H2,1-4H3,(H,38,39,40)(H,41,42,43). The van der Waals surface area contributed by atoms with Crippen LogP contribution in [-0.2, 0) is 30.3 Å². The molecule has 0 heterocycles. The summed E-state index contributed by atoms with van der Waals surface area (Å²) in [7, 11) is -10.9. The summed E-state index contributed by atoms with van der Waals surface area (Å²) in [5.41, 5.74) is 5.24. The number of anilines is 1. The zero-order valence-corrected chi connectivity index (χ0v) is 28.2. The number of phenols is 1. The molecule has 20 heteroatoms. The molecule has 17 nitrogen and oxygen atoms in total. The highest BCUT2D eigenvalue weighted by molar-refractivity contribution is 7.89. The molecular formula is C28H30N6O11S3. The fraction of sp³-hybridized carbons (Fsp3) is 0.214. The van der Waals surface area contributed by atoms with Gasteiger partial charge in [0.25, 0.3) is 20.2 Å². The Kier molecular flexibility index (Phi) is 10.4. The van der Waals surface area contributed by atoms with Crippen molar-refractivity contribution in [2.24, 2.45) is 20.5 Å². The van der Waals surface area contributed by atoms with E-state index in [1.54, 1.807) is 13.8 Å². The second-order valence-electron chi connectivity index (χ2n) is 9.81. The highest BCUT2D eigenvalue weighted by Crippen LogP contribution is 2.46. The molecule has 256 valence electrons. The average Bonchev–Trinajstić information content (AvgIpc) is 3.02. The first kappa shape index (κ1) is 36.1. The highest BCUT2D eigenvalue weighted by Gasteiger charge is 2.25. The second-order valence-corrected chi connectivity index (χ2v) is 14.6. The van der Waals surface area contributed by atoms with Crippen LogP contribution in [0.5, 0.6) is 17.2 Å². The molecule has 0 atom stereocenters. The molecule has 0 fully saturated rings. The maximum absolute atomic E-state index is 12.8. The first-order valence-corrected chi connectivity index (χ1v) is 18.0. The Balaban J connectivity index is 1.76. The molecule has 48 heavy (non-hydrogen) atoms. The Hall–Kier alpha value is -4.73. The minimum absolute atomic E-state index is 0.0418. The fourth-order valence-corrected chi connectivity index (χ4v) is 7.24. The number of aromatic hydroxyl groups is 1. The summed E-state index contributed by atoms with van der Waals surface area (Å²) in [4.78, 5) is -1.54. The number of nitrogens with zero attached hydrogens (tertiary/aromatic N) is 5. The van der Waals surface area contributed by atoms with E-state index in [9.17, 15) is 39.5 Å². The van der Waals surface area contributed by atoms with Gasteiger partial charge in [-0.3, -0.25) is 9.11 Å². The number of methoxy groups -OCH3 is 2. The highest BCUT2D eigenvalue weighted by atomic mass is 32.2. The lowest BCUT2D eigenvalue weighted by molar-refractivity contribution is 0.405. The van der Waals surface area contributed by atoms with Crippen LogP contribution in [-0.4, -0.2) is 71.1 Å². The van der Waals surface area contributed by atoms with Crippen molar-refractivity contribution in [2.75, 3.05) is 33.0 Å². The number of hydrogen-bond donors (Lipinski definition) is 4. The van der Waals surface area contributed by atoms with E-state index in [0.29, 0.717) is 18.8 Å². The molecule has 0 saturated heterocycles.